The molecule has 1 unspecified atom stereocenters. The molecule has 1 aromatic carbocycles. The molecule has 1 rings (SSSR count). The number of carbonyl (C=O) groups excluding carboxylic acids is 2. The Kier molecular flexibility index (Phi) is 13.2. The van der Waals surface area contributed by atoms with E-state index in [2.05, 4.69) is 28.2 Å². The predicted molar refractivity (Wildman–Crippen MR) is 135 cm³/mol. The van der Waals surface area contributed by atoms with Crippen molar-refractivity contribution in [1.29, 1.82) is 0 Å². The van der Waals surface area contributed by atoms with E-state index in [9.17, 15) is 9.59 Å². The fourth-order valence-electron chi connectivity index (χ4n) is 2.81. The van der Waals surface area contributed by atoms with E-state index in [0.717, 1.165) is 19.3 Å². The summed E-state index contributed by atoms with van der Waals surface area (Å²) in [6.07, 6.45) is 7.17. The van der Waals surface area contributed by atoms with Crippen LogP contribution >= 0.6 is 47.0 Å². The summed E-state index contributed by atoms with van der Waals surface area (Å²) in [6, 6.07) is 6.93. The third kappa shape index (κ3) is 13.0. The number of alkyl halides is 3. The number of thiocarbonyl (C=S) groups is 1. The minimum absolute atomic E-state index is 0.157. The van der Waals surface area contributed by atoms with E-state index in [1.807, 2.05) is 0 Å². The van der Waals surface area contributed by atoms with Crippen molar-refractivity contribution in [2.45, 2.75) is 75.2 Å². The monoisotopic (exact) mass is 508 g/mol. The molecule has 0 aliphatic carbocycles. The molecule has 0 aliphatic rings. The summed E-state index contributed by atoms with van der Waals surface area (Å²) in [7, 11) is 0. The first-order valence-electron chi connectivity index (χ1n) is 10.4. The second-order valence-corrected chi connectivity index (χ2v) is 10.0. The maximum atomic E-state index is 12.3. The van der Waals surface area contributed by atoms with Crippen LogP contribution in [0.15, 0.2) is 24.3 Å². The zero-order chi connectivity index (χ0) is 23.3. The molecular formula is C21H31Cl3N4O2S. The Morgan fingerprint density at radius 3 is 1.94 bits per heavy atom. The van der Waals surface area contributed by atoms with E-state index < -0.39 is 9.96 Å². The molecule has 0 radical (unpaired) electrons. The van der Waals surface area contributed by atoms with Gasteiger partial charge in [-0.2, -0.15) is 0 Å². The van der Waals surface area contributed by atoms with Crippen molar-refractivity contribution < 1.29 is 9.59 Å². The van der Waals surface area contributed by atoms with Gasteiger partial charge in [0.15, 0.2) is 5.11 Å². The minimum Gasteiger partial charge on any atom is -0.339 e. The number of benzene rings is 1. The van der Waals surface area contributed by atoms with Crippen molar-refractivity contribution in [3.05, 3.63) is 24.3 Å². The minimum atomic E-state index is -1.79. The number of rotatable bonds is 12. The summed E-state index contributed by atoms with van der Waals surface area (Å²) in [5, 5.41) is 11.3. The zero-order valence-corrected chi connectivity index (χ0v) is 21.0. The number of hydrogen-bond donors (Lipinski definition) is 4. The molecule has 10 heteroatoms. The lowest BCUT2D eigenvalue weighted by molar-refractivity contribution is -0.122. The van der Waals surface area contributed by atoms with Gasteiger partial charge in [0.2, 0.25) is 15.6 Å². The van der Waals surface area contributed by atoms with Crippen molar-refractivity contribution >= 4 is 75.3 Å². The molecule has 0 fully saturated rings. The molecule has 0 bridgehead atoms. The first kappa shape index (κ1) is 27.8. The molecule has 0 heterocycles. The molecule has 0 aliphatic heterocycles. The van der Waals surface area contributed by atoms with Crippen LogP contribution in [0.4, 0.5) is 11.4 Å². The van der Waals surface area contributed by atoms with Crippen LogP contribution < -0.4 is 21.3 Å². The highest BCUT2D eigenvalue weighted by Gasteiger charge is 2.34. The van der Waals surface area contributed by atoms with E-state index >= 15 is 0 Å². The number of hydrogen-bond acceptors (Lipinski definition) is 3. The van der Waals surface area contributed by atoms with Gasteiger partial charge in [0, 0.05) is 24.7 Å². The van der Waals surface area contributed by atoms with Crippen molar-refractivity contribution in [3.63, 3.8) is 0 Å². The summed E-state index contributed by atoms with van der Waals surface area (Å²) in [4.78, 5) is 23.4. The summed E-state index contributed by atoms with van der Waals surface area (Å²) in [5.41, 5.74) is 1.33. The second kappa shape index (κ2) is 14.7. The lowest BCUT2D eigenvalue weighted by Crippen LogP contribution is -2.56. The molecule has 1 aromatic rings. The lowest BCUT2D eigenvalue weighted by Gasteiger charge is -2.27. The van der Waals surface area contributed by atoms with Gasteiger partial charge < -0.3 is 21.3 Å². The molecular weight excluding hydrogens is 479 g/mol. The molecule has 1 atom stereocenters. The van der Waals surface area contributed by atoms with Crippen LogP contribution in [0.25, 0.3) is 0 Å². The summed E-state index contributed by atoms with van der Waals surface area (Å²) in [6.45, 7) is 3.62. The highest BCUT2D eigenvalue weighted by Crippen LogP contribution is 2.29. The average Bonchev–Trinajstić information content (AvgIpc) is 2.67. The van der Waals surface area contributed by atoms with Gasteiger partial charge in [0.05, 0.1) is 0 Å². The Morgan fingerprint density at radius 1 is 0.903 bits per heavy atom. The predicted octanol–water partition coefficient (Wildman–Crippen LogP) is 5.88. The van der Waals surface area contributed by atoms with Gasteiger partial charge in [0.25, 0.3) is 0 Å². The highest BCUT2D eigenvalue weighted by atomic mass is 35.6. The lowest BCUT2D eigenvalue weighted by atomic mass is 10.1. The van der Waals surface area contributed by atoms with Gasteiger partial charge in [-0.3, -0.25) is 9.59 Å². The van der Waals surface area contributed by atoms with Crippen molar-refractivity contribution in [3.8, 4) is 0 Å². The number of carbonyl (C=O) groups is 2. The quantitative estimate of drug-likeness (QED) is 0.122. The molecule has 174 valence electrons. The molecule has 2 amide bonds. The van der Waals surface area contributed by atoms with E-state index in [1.54, 1.807) is 24.3 Å². The summed E-state index contributed by atoms with van der Waals surface area (Å²) in [5.74, 6) is -0.365. The van der Waals surface area contributed by atoms with Crippen LogP contribution in [0.1, 0.15) is 65.2 Å². The zero-order valence-electron chi connectivity index (χ0n) is 17.9. The maximum Gasteiger partial charge on any atom is 0.228 e. The molecule has 0 saturated carbocycles. The van der Waals surface area contributed by atoms with Crippen LogP contribution in [0, 0.1) is 0 Å². The van der Waals surface area contributed by atoms with Crippen molar-refractivity contribution in [2.24, 2.45) is 0 Å². The average molecular weight is 510 g/mol. The van der Waals surface area contributed by atoms with Gasteiger partial charge in [-0.1, -0.05) is 80.3 Å². The van der Waals surface area contributed by atoms with Gasteiger partial charge in [0.1, 0.15) is 6.17 Å². The number of amides is 2. The number of halogens is 3. The Morgan fingerprint density at radius 2 is 1.42 bits per heavy atom. The molecule has 0 spiro atoms. The Labute approximate surface area is 205 Å². The van der Waals surface area contributed by atoms with Gasteiger partial charge >= 0.3 is 0 Å². The van der Waals surface area contributed by atoms with Crippen molar-refractivity contribution in [2.75, 3.05) is 10.6 Å². The molecule has 4 N–H and O–H groups in total. The van der Waals surface area contributed by atoms with Crippen LogP contribution in [-0.4, -0.2) is 26.9 Å². The smallest absolute Gasteiger partial charge is 0.228 e. The highest BCUT2D eigenvalue weighted by molar-refractivity contribution is 7.80. The fourth-order valence-corrected chi connectivity index (χ4v) is 3.38. The summed E-state index contributed by atoms with van der Waals surface area (Å²) >= 11 is 23.3. The standard InChI is InChI=1S/C21H31Cl3N4O2S/c1-3-4-5-6-7-8-9-10-18(30)27-19(21(22,23)24)28-20(31)26-17-13-11-16(12-14-17)25-15(2)29/h11-14,19H,3-10H2,1-2H3,(H,25,29)(H,27,30)(H2,26,28,31). The maximum absolute atomic E-state index is 12.3. The Bertz CT molecular complexity index is 712. The summed E-state index contributed by atoms with van der Waals surface area (Å²) < 4.78 is -1.79. The topological polar surface area (TPSA) is 82.3 Å². The van der Waals surface area contributed by atoms with Crippen LogP contribution in [-0.2, 0) is 9.59 Å². The SMILES string of the molecule is CCCCCCCCCC(=O)NC(NC(=S)Nc1ccc(NC(C)=O)cc1)C(Cl)(Cl)Cl. The molecule has 0 saturated heterocycles. The largest absolute Gasteiger partial charge is 0.339 e. The third-order valence-corrected chi connectivity index (χ3v) is 5.25. The normalized spacial score (nSPS) is 12.0. The van der Waals surface area contributed by atoms with Gasteiger partial charge in [-0.05, 0) is 42.9 Å². The Balaban J connectivity index is 2.48. The number of nitrogens with one attached hydrogen (secondary N) is 4. The van der Waals surface area contributed by atoms with E-state index in [-0.39, 0.29) is 16.9 Å². The van der Waals surface area contributed by atoms with E-state index in [4.69, 9.17) is 47.0 Å². The van der Waals surface area contributed by atoms with E-state index in [1.165, 1.54) is 32.6 Å². The number of anilines is 2. The number of unbranched alkanes of at least 4 members (excludes halogenated alkanes) is 6. The second-order valence-electron chi connectivity index (χ2n) is 7.27. The van der Waals surface area contributed by atoms with E-state index in [0.29, 0.717) is 17.8 Å². The third-order valence-electron chi connectivity index (χ3n) is 4.38. The Hall–Kier alpha value is -1.28. The first-order valence-corrected chi connectivity index (χ1v) is 12.0. The fraction of sp³-hybridized carbons (Fsp3) is 0.571. The molecule has 6 nitrogen and oxygen atoms in total. The van der Waals surface area contributed by atoms with Crippen LogP contribution in [0.5, 0.6) is 0 Å². The van der Waals surface area contributed by atoms with Gasteiger partial charge in [-0.25, -0.2) is 0 Å². The van der Waals surface area contributed by atoms with Crippen molar-refractivity contribution in [1.82, 2.24) is 10.6 Å². The first-order chi connectivity index (χ1) is 14.6. The molecule has 0 aromatic heterocycles. The van der Waals surface area contributed by atoms with Gasteiger partial charge in [-0.15, -0.1) is 0 Å². The van der Waals surface area contributed by atoms with Crippen LogP contribution in [0.2, 0.25) is 0 Å². The van der Waals surface area contributed by atoms with Crippen LogP contribution in [0.3, 0.4) is 0 Å². The molecule has 31 heavy (non-hydrogen) atoms.